The number of carbonyl (C=O) groups excluding carboxylic acids is 1. The lowest BCUT2D eigenvalue weighted by Crippen LogP contribution is -2.38. The van der Waals surface area contributed by atoms with Crippen molar-refractivity contribution in [3.8, 4) is 0 Å². The summed E-state index contributed by atoms with van der Waals surface area (Å²) in [5.74, 6) is -0.138. The Hall–Kier alpha value is -2.63. The van der Waals surface area contributed by atoms with Gasteiger partial charge in [0, 0.05) is 34.8 Å². The smallest absolute Gasteiger partial charge is 0.254 e. The molecule has 1 amide bonds. The second kappa shape index (κ2) is 8.39. The molecule has 2 heterocycles. The molecule has 1 aliphatic heterocycles. The van der Waals surface area contributed by atoms with Gasteiger partial charge >= 0.3 is 0 Å². The van der Waals surface area contributed by atoms with Gasteiger partial charge in [-0.15, -0.1) is 0 Å². The number of H-pyrrole nitrogens is 1. The fraction of sp³-hybridized carbons (Fsp3) is 0.304. The van der Waals surface area contributed by atoms with E-state index in [1.165, 1.54) is 0 Å². The molecule has 1 fully saturated rings. The summed E-state index contributed by atoms with van der Waals surface area (Å²) in [7, 11) is 0. The van der Waals surface area contributed by atoms with Crippen molar-refractivity contribution >= 4 is 28.4 Å². The molecule has 3 aromatic rings. The fourth-order valence-electron chi connectivity index (χ4n) is 3.72. The minimum absolute atomic E-state index is 0.00645. The lowest BCUT2D eigenvalue weighted by Gasteiger charge is -2.25. The third-order valence-corrected chi connectivity index (χ3v) is 5.52. The Kier molecular flexibility index (Phi) is 5.69. The first-order chi connectivity index (χ1) is 14.0. The second-order valence-corrected chi connectivity index (χ2v) is 7.98. The molecule has 150 valence electrons. The molecule has 5 nitrogen and oxygen atoms in total. The van der Waals surface area contributed by atoms with Gasteiger partial charge in [-0.2, -0.15) is 0 Å². The molecule has 2 aromatic carbocycles. The van der Waals surface area contributed by atoms with E-state index in [0.717, 1.165) is 29.3 Å². The Labute approximate surface area is 174 Å². The topological polar surface area (TPSA) is 62.4 Å². The first kappa shape index (κ1) is 19.7. The van der Waals surface area contributed by atoms with E-state index in [1.54, 1.807) is 29.2 Å². The summed E-state index contributed by atoms with van der Waals surface area (Å²) in [5.41, 5.74) is 2.83. The van der Waals surface area contributed by atoms with Crippen molar-refractivity contribution in [1.29, 1.82) is 0 Å². The van der Waals surface area contributed by atoms with Crippen LogP contribution in [0, 0.1) is 6.92 Å². The minimum atomic E-state index is -0.178. The van der Waals surface area contributed by atoms with E-state index in [4.69, 9.17) is 16.3 Å². The maximum atomic E-state index is 13.2. The highest BCUT2D eigenvalue weighted by Crippen LogP contribution is 2.19. The zero-order valence-electron chi connectivity index (χ0n) is 16.3. The summed E-state index contributed by atoms with van der Waals surface area (Å²) in [6, 6.07) is 14.6. The van der Waals surface area contributed by atoms with Gasteiger partial charge in [-0.25, -0.2) is 0 Å². The van der Waals surface area contributed by atoms with Crippen LogP contribution in [0.15, 0.2) is 53.3 Å². The predicted octanol–water partition coefficient (Wildman–Crippen LogP) is 4.31. The van der Waals surface area contributed by atoms with Crippen molar-refractivity contribution in [3.05, 3.63) is 80.6 Å². The highest BCUT2D eigenvalue weighted by molar-refractivity contribution is 6.30. The molecule has 1 atom stereocenters. The number of carbonyl (C=O) groups is 1. The number of amides is 1. The molecule has 0 saturated carbocycles. The summed E-state index contributed by atoms with van der Waals surface area (Å²) in [4.78, 5) is 30.5. The van der Waals surface area contributed by atoms with Crippen LogP contribution in [0.1, 0.15) is 34.3 Å². The molecule has 0 aliphatic carbocycles. The van der Waals surface area contributed by atoms with Crippen molar-refractivity contribution in [3.63, 3.8) is 0 Å². The number of hydrogen-bond donors (Lipinski definition) is 1. The van der Waals surface area contributed by atoms with E-state index in [1.807, 2.05) is 31.2 Å². The van der Waals surface area contributed by atoms with Gasteiger partial charge in [0.15, 0.2) is 0 Å². The molecule has 4 rings (SSSR count). The molecule has 29 heavy (non-hydrogen) atoms. The van der Waals surface area contributed by atoms with Crippen molar-refractivity contribution in [2.75, 3.05) is 13.2 Å². The van der Waals surface area contributed by atoms with E-state index in [9.17, 15) is 9.59 Å². The zero-order valence-corrected chi connectivity index (χ0v) is 17.0. The van der Waals surface area contributed by atoms with Crippen LogP contribution in [0.25, 0.3) is 10.9 Å². The van der Waals surface area contributed by atoms with Crippen molar-refractivity contribution in [1.82, 2.24) is 9.88 Å². The number of fused-ring (bicyclic) bond motifs is 1. The Balaban J connectivity index is 1.66. The lowest BCUT2D eigenvalue weighted by atomic mass is 10.1. The van der Waals surface area contributed by atoms with E-state index < -0.39 is 0 Å². The number of aryl methyl sites for hydroxylation is 1. The number of halogens is 1. The number of aromatic amines is 1. The quantitative estimate of drug-likeness (QED) is 0.681. The first-order valence-electron chi connectivity index (χ1n) is 9.78. The van der Waals surface area contributed by atoms with Crippen LogP contribution in [0.3, 0.4) is 0 Å². The Bertz CT molecular complexity index is 1090. The van der Waals surface area contributed by atoms with Crippen LogP contribution in [-0.2, 0) is 11.3 Å². The molecule has 1 aromatic heterocycles. The number of aromatic nitrogens is 1. The van der Waals surface area contributed by atoms with Gasteiger partial charge in [0.05, 0.1) is 12.6 Å². The zero-order chi connectivity index (χ0) is 20.4. The van der Waals surface area contributed by atoms with Gasteiger partial charge in [-0.3, -0.25) is 9.59 Å². The summed E-state index contributed by atoms with van der Waals surface area (Å²) < 4.78 is 5.74. The molecule has 1 N–H and O–H groups in total. The highest BCUT2D eigenvalue weighted by Gasteiger charge is 2.24. The maximum absolute atomic E-state index is 13.2. The van der Waals surface area contributed by atoms with Gasteiger partial charge in [-0.05, 0) is 67.6 Å². The van der Waals surface area contributed by atoms with Crippen molar-refractivity contribution < 1.29 is 9.53 Å². The molecule has 0 spiro atoms. The number of pyridine rings is 1. The Morgan fingerprint density at radius 1 is 1.21 bits per heavy atom. The number of ether oxygens (including phenoxy) is 1. The summed E-state index contributed by atoms with van der Waals surface area (Å²) in [6.45, 7) is 3.40. The Morgan fingerprint density at radius 3 is 2.72 bits per heavy atom. The third kappa shape index (κ3) is 4.52. The number of nitrogens with one attached hydrogen (secondary N) is 1. The number of benzene rings is 2. The first-order valence-corrected chi connectivity index (χ1v) is 10.2. The van der Waals surface area contributed by atoms with Crippen LogP contribution < -0.4 is 5.56 Å². The van der Waals surface area contributed by atoms with Crippen molar-refractivity contribution in [2.45, 2.75) is 32.4 Å². The molecule has 1 saturated heterocycles. The summed E-state index contributed by atoms with van der Waals surface area (Å²) >= 11 is 5.96. The SMILES string of the molecule is Cc1ccc2[nH]c(=O)c(CN(C[C@H]3CCCO3)C(=O)c3ccc(Cl)cc3)cc2c1. The minimum Gasteiger partial charge on any atom is -0.376 e. The van der Waals surface area contributed by atoms with Gasteiger partial charge in [0.25, 0.3) is 11.5 Å². The van der Waals surface area contributed by atoms with Crippen LogP contribution in [0.2, 0.25) is 5.02 Å². The molecule has 0 bridgehead atoms. The van der Waals surface area contributed by atoms with Crippen LogP contribution in [0.5, 0.6) is 0 Å². The molecular weight excluding hydrogens is 388 g/mol. The number of hydrogen-bond acceptors (Lipinski definition) is 3. The molecule has 6 heteroatoms. The maximum Gasteiger partial charge on any atom is 0.254 e. The lowest BCUT2D eigenvalue weighted by molar-refractivity contribution is 0.0506. The van der Waals surface area contributed by atoms with Crippen molar-refractivity contribution in [2.24, 2.45) is 0 Å². The van der Waals surface area contributed by atoms with E-state index >= 15 is 0 Å². The van der Waals surface area contributed by atoms with E-state index in [-0.39, 0.29) is 24.1 Å². The number of nitrogens with zero attached hydrogens (tertiary/aromatic N) is 1. The largest absolute Gasteiger partial charge is 0.376 e. The average molecular weight is 411 g/mol. The normalized spacial score (nSPS) is 16.3. The standard InChI is InChI=1S/C23H23ClN2O3/c1-15-4-9-21-17(11-15)12-18(22(27)25-21)13-26(14-20-3-2-10-29-20)23(28)16-5-7-19(24)8-6-16/h4-9,11-12,20H,2-3,10,13-14H2,1H3,(H,25,27)/t20-/m1/s1. The fourth-order valence-corrected chi connectivity index (χ4v) is 3.85. The average Bonchev–Trinajstić information content (AvgIpc) is 3.21. The summed E-state index contributed by atoms with van der Waals surface area (Å²) in [5, 5.41) is 1.53. The Morgan fingerprint density at radius 2 is 2.00 bits per heavy atom. The molecule has 0 radical (unpaired) electrons. The molecular formula is C23H23ClN2O3. The van der Waals surface area contributed by atoms with E-state index in [0.29, 0.717) is 29.3 Å². The highest BCUT2D eigenvalue weighted by atomic mass is 35.5. The molecule has 1 aliphatic rings. The van der Waals surface area contributed by atoms with Gasteiger partial charge < -0.3 is 14.6 Å². The van der Waals surface area contributed by atoms with Crippen LogP contribution >= 0.6 is 11.6 Å². The van der Waals surface area contributed by atoms with Gasteiger partial charge in [0.2, 0.25) is 0 Å². The summed E-state index contributed by atoms with van der Waals surface area (Å²) in [6.07, 6.45) is 1.90. The van der Waals surface area contributed by atoms with E-state index in [2.05, 4.69) is 4.98 Å². The van der Waals surface area contributed by atoms with Gasteiger partial charge in [-0.1, -0.05) is 23.2 Å². The number of rotatable bonds is 5. The van der Waals surface area contributed by atoms with Crippen LogP contribution in [0.4, 0.5) is 0 Å². The van der Waals surface area contributed by atoms with Gasteiger partial charge in [0.1, 0.15) is 0 Å². The predicted molar refractivity (Wildman–Crippen MR) is 114 cm³/mol. The third-order valence-electron chi connectivity index (χ3n) is 5.26. The second-order valence-electron chi connectivity index (χ2n) is 7.54. The monoisotopic (exact) mass is 410 g/mol. The van der Waals surface area contributed by atoms with Crippen LogP contribution in [-0.4, -0.2) is 35.0 Å². The molecule has 0 unspecified atom stereocenters.